The topological polar surface area (TPSA) is 119 Å². The maximum Gasteiger partial charge on any atom is 0.251 e. The summed E-state index contributed by atoms with van der Waals surface area (Å²) in [6.07, 6.45) is 2.80. The smallest absolute Gasteiger partial charge is 0.251 e. The van der Waals surface area contributed by atoms with Crippen LogP contribution >= 0.6 is 0 Å². The molecule has 0 bridgehead atoms. The van der Waals surface area contributed by atoms with Crippen molar-refractivity contribution in [2.24, 2.45) is 0 Å². The van der Waals surface area contributed by atoms with Gasteiger partial charge >= 0.3 is 0 Å². The van der Waals surface area contributed by atoms with E-state index < -0.39 is 10.0 Å². The largest absolute Gasteiger partial charge is 0.475 e. The number of aromatic nitrogens is 4. The zero-order valence-corrected chi connectivity index (χ0v) is 20.4. The van der Waals surface area contributed by atoms with Gasteiger partial charge in [-0.2, -0.15) is 8.82 Å². The third-order valence-electron chi connectivity index (χ3n) is 5.98. The zero-order valence-electron chi connectivity index (χ0n) is 19.6. The molecule has 0 unspecified atom stereocenters. The lowest BCUT2D eigenvalue weighted by Gasteiger charge is -2.25. The first-order valence-corrected chi connectivity index (χ1v) is 13.3. The molecule has 36 heavy (non-hydrogen) atoms. The quantitative estimate of drug-likeness (QED) is 0.365. The molecule has 0 atom stereocenters. The van der Waals surface area contributed by atoms with Crippen LogP contribution < -0.4 is 10.1 Å². The highest BCUT2D eigenvalue weighted by Gasteiger charge is 2.25. The Hall–Kier alpha value is -3.83. The van der Waals surface area contributed by atoms with E-state index in [-0.39, 0.29) is 24.0 Å². The SMILES string of the molecule is O=C(NCCOc1ccc2nnc(-c3ccccc3)n2n1)c1ccc(S(=O)(=O)N2CCCCC2)cc1. The van der Waals surface area contributed by atoms with Gasteiger partial charge in [-0.25, -0.2) is 8.42 Å². The van der Waals surface area contributed by atoms with Crippen LogP contribution in [0.15, 0.2) is 71.6 Å². The van der Waals surface area contributed by atoms with Crippen LogP contribution in [0.25, 0.3) is 17.0 Å². The van der Waals surface area contributed by atoms with Crippen LogP contribution in [-0.4, -0.2) is 64.7 Å². The van der Waals surface area contributed by atoms with Crippen molar-refractivity contribution in [2.45, 2.75) is 24.2 Å². The lowest BCUT2D eigenvalue weighted by molar-refractivity contribution is 0.0946. The summed E-state index contributed by atoms with van der Waals surface area (Å²) in [4.78, 5) is 12.7. The third-order valence-corrected chi connectivity index (χ3v) is 7.89. The Bertz CT molecular complexity index is 1450. The van der Waals surface area contributed by atoms with Crippen LogP contribution in [0.5, 0.6) is 5.88 Å². The van der Waals surface area contributed by atoms with Crippen molar-refractivity contribution in [3.63, 3.8) is 0 Å². The van der Waals surface area contributed by atoms with Crippen LogP contribution in [0, 0.1) is 0 Å². The van der Waals surface area contributed by atoms with Crippen molar-refractivity contribution in [1.29, 1.82) is 0 Å². The molecule has 1 amide bonds. The highest BCUT2D eigenvalue weighted by atomic mass is 32.2. The fourth-order valence-corrected chi connectivity index (χ4v) is 5.59. The molecule has 1 fully saturated rings. The molecule has 4 aromatic rings. The molecule has 186 valence electrons. The van der Waals surface area contributed by atoms with E-state index in [1.807, 2.05) is 30.3 Å². The third kappa shape index (κ3) is 5.07. The van der Waals surface area contributed by atoms with Gasteiger partial charge in [-0.05, 0) is 43.2 Å². The molecule has 2 aromatic carbocycles. The average molecular weight is 507 g/mol. The second-order valence-electron chi connectivity index (χ2n) is 8.42. The highest BCUT2D eigenvalue weighted by Crippen LogP contribution is 2.21. The molecule has 1 N–H and O–H groups in total. The first-order valence-electron chi connectivity index (χ1n) is 11.8. The molecule has 2 aromatic heterocycles. The molecular weight excluding hydrogens is 480 g/mol. The van der Waals surface area contributed by atoms with Gasteiger partial charge in [0, 0.05) is 30.3 Å². The van der Waals surface area contributed by atoms with E-state index >= 15 is 0 Å². The number of fused-ring (bicyclic) bond motifs is 1. The Labute approximate surface area is 209 Å². The molecule has 1 saturated heterocycles. The number of nitrogens with one attached hydrogen (secondary N) is 1. The summed E-state index contributed by atoms with van der Waals surface area (Å²) in [5.74, 6) is 0.671. The Kier molecular flexibility index (Phi) is 6.92. The molecule has 1 aliphatic heterocycles. The summed E-state index contributed by atoms with van der Waals surface area (Å²) in [5, 5.41) is 15.6. The van der Waals surface area contributed by atoms with Gasteiger partial charge < -0.3 is 10.1 Å². The molecule has 5 rings (SSSR count). The highest BCUT2D eigenvalue weighted by molar-refractivity contribution is 7.89. The summed E-state index contributed by atoms with van der Waals surface area (Å²) in [7, 11) is -3.52. The monoisotopic (exact) mass is 506 g/mol. The van der Waals surface area contributed by atoms with Gasteiger partial charge in [0.1, 0.15) is 6.61 Å². The number of carbonyl (C=O) groups excluding carboxylic acids is 1. The van der Waals surface area contributed by atoms with Crippen LogP contribution in [0.4, 0.5) is 0 Å². The predicted octanol–water partition coefficient (Wildman–Crippen LogP) is 2.77. The molecule has 1 aliphatic rings. The Morgan fingerprint density at radius 2 is 1.67 bits per heavy atom. The molecule has 10 nitrogen and oxygen atoms in total. The second-order valence-corrected chi connectivity index (χ2v) is 10.4. The number of hydrogen-bond acceptors (Lipinski definition) is 7. The number of amides is 1. The molecular formula is C25H26N6O4S. The molecule has 0 radical (unpaired) electrons. The van der Waals surface area contributed by atoms with Crippen LogP contribution in [0.1, 0.15) is 29.6 Å². The maximum absolute atomic E-state index is 12.8. The molecule has 0 aliphatic carbocycles. The summed E-state index contributed by atoms with van der Waals surface area (Å²) >= 11 is 0. The summed E-state index contributed by atoms with van der Waals surface area (Å²) in [5.41, 5.74) is 1.86. The normalized spacial score (nSPS) is 14.6. The van der Waals surface area contributed by atoms with Crippen molar-refractivity contribution in [2.75, 3.05) is 26.2 Å². The van der Waals surface area contributed by atoms with Gasteiger partial charge in [-0.1, -0.05) is 36.8 Å². The number of ether oxygens (including phenoxy) is 1. The average Bonchev–Trinajstić information content (AvgIpc) is 3.35. The number of sulfonamides is 1. The second kappa shape index (κ2) is 10.4. The Balaban J connectivity index is 1.16. The standard InChI is InChI=1S/C25H26N6O4S/c32-25(20-9-11-21(12-10-20)36(33,34)30-16-5-2-6-17-30)26-15-18-35-23-14-13-22-27-28-24(31(22)29-23)19-7-3-1-4-8-19/h1,3-4,7-14H,2,5-6,15-18H2,(H,26,32). The molecule has 11 heteroatoms. The van der Waals surface area contributed by atoms with E-state index in [4.69, 9.17) is 4.74 Å². The summed E-state index contributed by atoms with van der Waals surface area (Å²) < 4.78 is 34.4. The Morgan fingerprint density at radius 3 is 2.42 bits per heavy atom. The zero-order chi connectivity index (χ0) is 25.0. The lowest BCUT2D eigenvalue weighted by Crippen LogP contribution is -2.35. The minimum atomic E-state index is -3.52. The van der Waals surface area contributed by atoms with Crippen molar-refractivity contribution < 1.29 is 17.9 Å². The van der Waals surface area contributed by atoms with E-state index in [2.05, 4.69) is 20.6 Å². The van der Waals surface area contributed by atoms with Crippen LogP contribution in [-0.2, 0) is 10.0 Å². The fourth-order valence-electron chi connectivity index (χ4n) is 4.07. The number of benzene rings is 2. The number of hydrogen-bond donors (Lipinski definition) is 1. The number of piperidine rings is 1. The van der Waals surface area contributed by atoms with Gasteiger partial charge in [0.2, 0.25) is 15.9 Å². The first-order chi connectivity index (χ1) is 17.5. The van der Waals surface area contributed by atoms with Gasteiger partial charge in [0.25, 0.3) is 5.91 Å². The predicted molar refractivity (Wildman–Crippen MR) is 133 cm³/mol. The van der Waals surface area contributed by atoms with E-state index in [0.29, 0.717) is 36.0 Å². The van der Waals surface area contributed by atoms with E-state index in [9.17, 15) is 13.2 Å². The van der Waals surface area contributed by atoms with Crippen molar-refractivity contribution >= 4 is 21.6 Å². The van der Waals surface area contributed by atoms with E-state index in [1.165, 1.54) is 28.6 Å². The van der Waals surface area contributed by atoms with Crippen molar-refractivity contribution in [3.8, 4) is 17.3 Å². The minimum Gasteiger partial charge on any atom is -0.475 e. The molecule has 0 saturated carbocycles. The number of nitrogens with zero attached hydrogens (tertiary/aromatic N) is 5. The minimum absolute atomic E-state index is 0.203. The molecule has 3 heterocycles. The van der Waals surface area contributed by atoms with E-state index in [1.54, 1.807) is 16.6 Å². The summed E-state index contributed by atoms with van der Waals surface area (Å²) in [6, 6.07) is 19.1. The summed E-state index contributed by atoms with van der Waals surface area (Å²) in [6.45, 7) is 1.53. The van der Waals surface area contributed by atoms with Crippen molar-refractivity contribution in [1.82, 2.24) is 29.4 Å². The first kappa shape index (κ1) is 23.9. The lowest BCUT2D eigenvalue weighted by atomic mass is 10.2. The van der Waals surface area contributed by atoms with Gasteiger partial charge in [-0.3, -0.25) is 4.79 Å². The molecule has 0 spiro atoms. The fraction of sp³-hybridized carbons (Fsp3) is 0.280. The van der Waals surface area contributed by atoms with Gasteiger partial charge in [0.15, 0.2) is 11.5 Å². The maximum atomic E-state index is 12.8. The van der Waals surface area contributed by atoms with E-state index in [0.717, 1.165) is 24.8 Å². The van der Waals surface area contributed by atoms with Crippen LogP contribution in [0.2, 0.25) is 0 Å². The number of carbonyl (C=O) groups is 1. The van der Waals surface area contributed by atoms with Gasteiger partial charge in [-0.15, -0.1) is 15.3 Å². The number of rotatable bonds is 8. The van der Waals surface area contributed by atoms with Crippen LogP contribution in [0.3, 0.4) is 0 Å². The van der Waals surface area contributed by atoms with Gasteiger partial charge in [0.05, 0.1) is 11.4 Å². The Morgan fingerprint density at radius 1 is 0.917 bits per heavy atom. The van der Waals surface area contributed by atoms with Crippen molar-refractivity contribution in [3.05, 3.63) is 72.3 Å².